The number of carbonyl (C=O) groups excluding carboxylic acids is 1. The Labute approximate surface area is 206 Å². The minimum absolute atomic E-state index is 0. The first-order valence-corrected chi connectivity index (χ1v) is 11.5. The number of nitrogens with one attached hydrogen (secondary N) is 1. The van der Waals surface area contributed by atoms with Crippen molar-refractivity contribution in [1.29, 1.82) is 0 Å². The molecule has 0 saturated heterocycles. The average Bonchev–Trinajstić information content (AvgIpc) is 3.21. The molecule has 0 spiro atoms. The minimum Gasteiger partial charge on any atom is -0.493 e. The predicted octanol–water partition coefficient (Wildman–Crippen LogP) is 5.09. The van der Waals surface area contributed by atoms with Crippen LogP contribution in [0.4, 0.5) is 0 Å². The lowest BCUT2D eigenvalue weighted by Crippen LogP contribution is -2.29. The monoisotopic (exact) mass is 482 g/mol. The molecule has 2 aromatic carbocycles. The van der Waals surface area contributed by atoms with Crippen LogP contribution in [0, 0.1) is 6.92 Å². The zero-order valence-corrected chi connectivity index (χ0v) is 20.5. The third-order valence-corrected chi connectivity index (χ3v) is 5.68. The van der Waals surface area contributed by atoms with Gasteiger partial charge in [-0.1, -0.05) is 30.3 Å². The summed E-state index contributed by atoms with van der Waals surface area (Å²) in [6, 6.07) is 17.9. The number of hydrogen-bond acceptors (Lipinski definition) is 6. The second kappa shape index (κ2) is 12.4. The number of aromatic nitrogens is 1. The summed E-state index contributed by atoms with van der Waals surface area (Å²) in [6.07, 6.45) is 2.06. The predicted molar refractivity (Wildman–Crippen MR) is 134 cm³/mol. The lowest BCUT2D eigenvalue weighted by Gasteiger charge is -2.20. The molecule has 0 amide bonds. The van der Waals surface area contributed by atoms with E-state index in [9.17, 15) is 4.79 Å². The van der Waals surface area contributed by atoms with Gasteiger partial charge in [-0.05, 0) is 68.6 Å². The fourth-order valence-electron chi connectivity index (χ4n) is 3.99. The zero-order chi connectivity index (χ0) is 23.0. The Bertz CT molecular complexity index is 1120. The van der Waals surface area contributed by atoms with Gasteiger partial charge in [0.2, 0.25) is 5.89 Å². The molecular weight excluding hydrogens is 452 g/mol. The van der Waals surface area contributed by atoms with Crippen LogP contribution < -0.4 is 10.1 Å². The topological polar surface area (TPSA) is 73.6 Å². The fraction of sp³-hybridized carbons (Fsp3) is 0.333. The summed E-state index contributed by atoms with van der Waals surface area (Å²) in [6.45, 7) is 6.17. The number of ether oxygens (including phenoxy) is 2. The van der Waals surface area contributed by atoms with E-state index in [1.165, 1.54) is 0 Å². The molecular formula is C27H31ClN2O4. The molecule has 0 radical (unpaired) electrons. The van der Waals surface area contributed by atoms with Crippen molar-refractivity contribution >= 4 is 18.4 Å². The summed E-state index contributed by atoms with van der Waals surface area (Å²) in [5.74, 6) is 2.06. The van der Waals surface area contributed by atoms with Gasteiger partial charge in [-0.25, -0.2) is 9.78 Å². The van der Waals surface area contributed by atoms with Gasteiger partial charge in [0.25, 0.3) is 0 Å². The summed E-state index contributed by atoms with van der Waals surface area (Å²) >= 11 is 0. The summed E-state index contributed by atoms with van der Waals surface area (Å²) in [5, 5.41) is 3.36. The molecule has 0 saturated carbocycles. The molecule has 0 aliphatic carbocycles. The maximum atomic E-state index is 12.3. The first-order valence-electron chi connectivity index (χ1n) is 11.5. The van der Waals surface area contributed by atoms with Crippen molar-refractivity contribution in [2.24, 2.45) is 0 Å². The van der Waals surface area contributed by atoms with Gasteiger partial charge in [0, 0.05) is 24.1 Å². The third-order valence-electron chi connectivity index (χ3n) is 5.68. The molecule has 1 aromatic heterocycles. The highest BCUT2D eigenvalue weighted by molar-refractivity contribution is 5.89. The molecule has 0 fully saturated rings. The van der Waals surface area contributed by atoms with Crippen LogP contribution in [-0.2, 0) is 22.4 Å². The molecule has 1 aliphatic heterocycles. The number of rotatable bonds is 9. The van der Waals surface area contributed by atoms with Gasteiger partial charge in [0.05, 0.1) is 18.9 Å². The van der Waals surface area contributed by atoms with Crippen molar-refractivity contribution in [3.63, 3.8) is 0 Å². The van der Waals surface area contributed by atoms with Crippen molar-refractivity contribution < 1.29 is 18.7 Å². The standard InChI is InChI=1S/C27H30N2O4.ClH/c1-3-31-27(30)24-12-14-28-18-22(24)16-20-8-7-11-23(17-20)32-15-13-25-19(2)33-26(29-25)21-9-5-4-6-10-21;/h4-11,17,28H,3,12-16,18H2,1-2H3;1H. The Hall–Kier alpha value is -3.09. The maximum absolute atomic E-state index is 12.3. The van der Waals surface area contributed by atoms with E-state index in [0.29, 0.717) is 44.9 Å². The van der Waals surface area contributed by atoms with E-state index in [1.807, 2.05) is 62.4 Å². The van der Waals surface area contributed by atoms with E-state index in [2.05, 4.69) is 16.4 Å². The normalized spacial score (nSPS) is 13.4. The van der Waals surface area contributed by atoms with E-state index in [-0.39, 0.29) is 18.4 Å². The lowest BCUT2D eigenvalue weighted by atomic mass is 9.95. The van der Waals surface area contributed by atoms with Crippen LogP contribution in [0.25, 0.3) is 11.5 Å². The Balaban J connectivity index is 0.00000324. The van der Waals surface area contributed by atoms with E-state index < -0.39 is 0 Å². The molecule has 7 heteroatoms. The molecule has 34 heavy (non-hydrogen) atoms. The van der Waals surface area contributed by atoms with E-state index in [0.717, 1.165) is 46.0 Å². The van der Waals surface area contributed by atoms with Crippen molar-refractivity contribution in [2.75, 3.05) is 26.3 Å². The maximum Gasteiger partial charge on any atom is 0.334 e. The number of hydrogen-bond donors (Lipinski definition) is 1. The zero-order valence-electron chi connectivity index (χ0n) is 19.6. The van der Waals surface area contributed by atoms with Gasteiger partial charge in [0.15, 0.2) is 0 Å². The summed E-state index contributed by atoms with van der Waals surface area (Å²) < 4.78 is 17.1. The number of benzene rings is 2. The van der Waals surface area contributed by atoms with Gasteiger partial charge >= 0.3 is 5.97 Å². The second-order valence-corrected chi connectivity index (χ2v) is 8.04. The Morgan fingerprint density at radius 2 is 1.97 bits per heavy atom. The van der Waals surface area contributed by atoms with Crippen molar-refractivity contribution in [1.82, 2.24) is 10.3 Å². The number of oxazole rings is 1. The number of esters is 1. The van der Waals surface area contributed by atoms with Crippen LogP contribution in [-0.4, -0.2) is 37.3 Å². The van der Waals surface area contributed by atoms with Crippen LogP contribution in [0.1, 0.15) is 30.4 Å². The smallest absolute Gasteiger partial charge is 0.334 e. The van der Waals surface area contributed by atoms with Crippen LogP contribution >= 0.6 is 12.4 Å². The first-order chi connectivity index (χ1) is 16.1. The molecule has 0 atom stereocenters. The third kappa shape index (κ3) is 6.49. The molecule has 1 N–H and O–H groups in total. The summed E-state index contributed by atoms with van der Waals surface area (Å²) in [7, 11) is 0. The highest BCUT2D eigenvalue weighted by Gasteiger charge is 2.20. The van der Waals surface area contributed by atoms with Gasteiger partial charge in [-0.2, -0.15) is 0 Å². The van der Waals surface area contributed by atoms with Gasteiger partial charge in [-0.3, -0.25) is 0 Å². The number of carbonyl (C=O) groups is 1. The lowest BCUT2D eigenvalue weighted by molar-refractivity contribution is -0.138. The average molecular weight is 483 g/mol. The highest BCUT2D eigenvalue weighted by Crippen LogP contribution is 2.23. The van der Waals surface area contributed by atoms with Gasteiger partial charge < -0.3 is 19.2 Å². The van der Waals surface area contributed by atoms with E-state index in [1.54, 1.807) is 0 Å². The molecule has 0 bridgehead atoms. The second-order valence-electron chi connectivity index (χ2n) is 8.04. The minimum atomic E-state index is -0.195. The van der Waals surface area contributed by atoms with Gasteiger partial charge in [-0.15, -0.1) is 12.4 Å². The Morgan fingerprint density at radius 1 is 1.15 bits per heavy atom. The molecule has 6 nitrogen and oxygen atoms in total. The van der Waals surface area contributed by atoms with Crippen LogP contribution in [0.5, 0.6) is 5.75 Å². The largest absolute Gasteiger partial charge is 0.493 e. The van der Waals surface area contributed by atoms with E-state index >= 15 is 0 Å². The Kier molecular flexibility index (Phi) is 9.31. The van der Waals surface area contributed by atoms with Crippen molar-refractivity contribution in [3.05, 3.63) is 82.8 Å². The van der Waals surface area contributed by atoms with E-state index in [4.69, 9.17) is 13.9 Å². The van der Waals surface area contributed by atoms with Crippen molar-refractivity contribution in [3.8, 4) is 17.2 Å². The number of nitrogens with zero attached hydrogens (tertiary/aromatic N) is 1. The molecule has 3 aromatic rings. The molecule has 180 valence electrons. The SMILES string of the molecule is CCOC(=O)C1=C(Cc2cccc(OCCc3nc(-c4ccccc4)oc3C)c2)CNCC1.Cl. The molecule has 0 unspecified atom stereocenters. The van der Waals surface area contributed by atoms with Crippen LogP contribution in [0.2, 0.25) is 0 Å². The number of halogens is 1. The van der Waals surface area contributed by atoms with Gasteiger partial charge in [0.1, 0.15) is 11.5 Å². The summed E-state index contributed by atoms with van der Waals surface area (Å²) in [4.78, 5) is 17.0. The van der Waals surface area contributed by atoms with Crippen LogP contribution in [0.15, 0.2) is 70.2 Å². The fourth-order valence-corrected chi connectivity index (χ4v) is 3.99. The van der Waals surface area contributed by atoms with Crippen LogP contribution in [0.3, 0.4) is 0 Å². The quantitative estimate of drug-likeness (QED) is 0.428. The number of aryl methyl sites for hydroxylation is 1. The first kappa shape index (κ1) is 25.5. The molecule has 1 aliphatic rings. The highest BCUT2D eigenvalue weighted by atomic mass is 35.5. The summed E-state index contributed by atoms with van der Waals surface area (Å²) in [5.41, 5.74) is 4.87. The Morgan fingerprint density at radius 3 is 2.76 bits per heavy atom. The van der Waals surface area contributed by atoms with Crippen molar-refractivity contribution in [2.45, 2.75) is 33.1 Å². The molecule has 2 heterocycles. The molecule has 4 rings (SSSR count).